The van der Waals surface area contributed by atoms with Crippen LogP contribution in [0.2, 0.25) is 0 Å². The first-order chi connectivity index (χ1) is 22.9. The summed E-state index contributed by atoms with van der Waals surface area (Å²) in [6, 6.07) is 24.6. The van der Waals surface area contributed by atoms with Crippen LogP contribution in [-0.2, 0) is 45.9 Å². The quantitative estimate of drug-likeness (QED) is 0.152. The van der Waals surface area contributed by atoms with Crippen molar-refractivity contribution >= 4 is 26.0 Å². The Morgan fingerprint density at radius 1 is 0.812 bits per heavy atom. The van der Waals surface area contributed by atoms with Crippen molar-refractivity contribution in [1.29, 1.82) is 0 Å². The fourth-order valence-electron chi connectivity index (χ4n) is 5.78. The van der Waals surface area contributed by atoms with Gasteiger partial charge in [0.1, 0.15) is 4.90 Å². The third-order valence-corrected chi connectivity index (χ3v) is 11.9. The number of carbonyl (C=O) groups excluding carboxylic acids is 1. The van der Waals surface area contributed by atoms with E-state index in [1.807, 2.05) is 60.7 Å². The number of phenols is 3. The van der Waals surface area contributed by atoms with Crippen LogP contribution in [0.4, 0.5) is 0 Å². The molecule has 48 heavy (non-hydrogen) atoms. The van der Waals surface area contributed by atoms with Crippen LogP contribution in [0.3, 0.4) is 0 Å². The Labute approximate surface area is 281 Å². The topological polar surface area (TPSA) is 165 Å². The van der Waals surface area contributed by atoms with Crippen molar-refractivity contribution in [3.05, 3.63) is 113 Å². The summed E-state index contributed by atoms with van der Waals surface area (Å²) in [6.07, 6.45) is 2.00. The van der Waals surface area contributed by atoms with Crippen LogP contribution in [0.25, 0.3) is 0 Å². The molecule has 1 aliphatic rings. The Bertz CT molecular complexity index is 1990. The molecule has 254 valence electrons. The van der Waals surface area contributed by atoms with Crippen molar-refractivity contribution in [2.45, 2.75) is 48.9 Å². The largest absolute Gasteiger partial charge is 0.504 e. The molecule has 0 unspecified atom stereocenters. The van der Waals surface area contributed by atoms with Crippen LogP contribution in [0.15, 0.2) is 94.7 Å². The van der Waals surface area contributed by atoms with Gasteiger partial charge in [0.25, 0.3) is 5.91 Å². The maximum absolute atomic E-state index is 13.7. The van der Waals surface area contributed by atoms with E-state index in [0.717, 1.165) is 27.1 Å². The lowest BCUT2D eigenvalue weighted by molar-refractivity contribution is 0.0730. The van der Waals surface area contributed by atoms with Gasteiger partial charge in [0.15, 0.2) is 11.5 Å². The van der Waals surface area contributed by atoms with Crippen molar-refractivity contribution in [2.75, 3.05) is 26.2 Å². The number of hydrogen-bond acceptors (Lipinski definition) is 8. The summed E-state index contributed by atoms with van der Waals surface area (Å²) < 4.78 is 57.2. The predicted molar refractivity (Wildman–Crippen MR) is 181 cm³/mol. The second-order valence-electron chi connectivity index (χ2n) is 11.6. The second-order valence-corrected chi connectivity index (χ2v) is 15.3. The number of nitrogens with zero attached hydrogens (tertiary/aromatic N) is 2. The van der Waals surface area contributed by atoms with Gasteiger partial charge in [-0.05, 0) is 66.1 Å². The molecule has 0 fully saturated rings. The van der Waals surface area contributed by atoms with Crippen molar-refractivity contribution in [3.63, 3.8) is 0 Å². The van der Waals surface area contributed by atoms with E-state index in [1.165, 1.54) is 17.0 Å². The summed E-state index contributed by atoms with van der Waals surface area (Å²) in [4.78, 5) is 14.4. The molecular formula is C35H39N3O8S2. The van der Waals surface area contributed by atoms with Gasteiger partial charge in [-0.2, -0.15) is 4.31 Å². The smallest absolute Gasteiger partial charge is 0.258 e. The number of carbonyl (C=O) groups is 1. The van der Waals surface area contributed by atoms with Crippen LogP contribution < -0.4 is 4.72 Å². The molecule has 1 amide bonds. The molecule has 1 aliphatic heterocycles. The average Bonchev–Trinajstić information content (AvgIpc) is 3.09. The van der Waals surface area contributed by atoms with E-state index in [-0.39, 0.29) is 37.6 Å². The van der Waals surface area contributed by atoms with Gasteiger partial charge in [-0.25, -0.2) is 21.6 Å². The number of aromatic hydroxyl groups is 3. The molecule has 5 rings (SSSR count). The lowest BCUT2D eigenvalue weighted by atomic mass is 9.99. The minimum atomic E-state index is -4.39. The summed E-state index contributed by atoms with van der Waals surface area (Å²) >= 11 is 0. The zero-order chi connectivity index (χ0) is 34.5. The standard InChI is InChI=1S/C35H39N3O8S2/c1-2-38(20-9-14-25-10-5-3-6-11-25)48(45,46)31-23-30(32(39)34(41)33(31)40)35(42)37-21-18-27-15-16-29(22-28(27)24-37)47(43,44)36-19-17-26-12-7-4-8-13-26/h3-8,10-13,15-16,22-23,36,39-41H,2,9,14,17-21,24H2,1H3. The molecule has 11 nitrogen and oxygen atoms in total. The van der Waals surface area contributed by atoms with Gasteiger partial charge in [0.2, 0.25) is 25.8 Å². The van der Waals surface area contributed by atoms with Gasteiger partial charge in [-0.1, -0.05) is 73.7 Å². The molecule has 0 bridgehead atoms. The first kappa shape index (κ1) is 34.9. The number of hydrogen-bond donors (Lipinski definition) is 4. The molecule has 0 saturated carbocycles. The lowest BCUT2D eigenvalue weighted by Gasteiger charge is -2.30. The summed E-state index contributed by atoms with van der Waals surface area (Å²) in [7, 11) is -8.24. The molecule has 4 N–H and O–H groups in total. The van der Waals surface area contributed by atoms with Crippen LogP contribution in [0.1, 0.15) is 46.0 Å². The number of rotatable bonds is 13. The number of aryl methyl sites for hydroxylation is 1. The SMILES string of the molecule is CCN(CCCc1ccccc1)S(=O)(=O)c1cc(C(=O)N2CCc3ccc(S(=O)(=O)NCCc4ccccc4)cc3C2)c(O)c(O)c1O. The number of sulfonamides is 2. The zero-order valence-electron chi connectivity index (χ0n) is 26.5. The van der Waals surface area contributed by atoms with Gasteiger partial charge in [0, 0.05) is 32.7 Å². The van der Waals surface area contributed by atoms with Gasteiger partial charge >= 0.3 is 0 Å². The Morgan fingerprint density at radius 3 is 2.10 bits per heavy atom. The predicted octanol–water partition coefficient (Wildman–Crippen LogP) is 4.17. The maximum atomic E-state index is 13.7. The number of nitrogens with one attached hydrogen (secondary N) is 1. The lowest BCUT2D eigenvalue weighted by Crippen LogP contribution is -2.36. The zero-order valence-corrected chi connectivity index (χ0v) is 28.2. The Kier molecular flexibility index (Phi) is 10.7. The van der Waals surface area contributed by atoms with Crippen LogP contribution in [0, 0.1) is 0 Å². The Morgan fingerprint density at radius 2 is 1.46 bits per heavy atom. The Balaban J connectivity index is 1.33. The highest BCUT2D eigenvalue weighted by molar-refractivity contribution is 7.89. The van der Waals surface area contributed by atoms with Crippen LogP contribution >= 0.6 is 0 Å². The van der Waals surface area contributed by atoms with E-state index in [1.54, 1.807) is 13.0 Å². The highest BCUT2D eigenvalue weighted by Gasteiger charge is 2.34. The molecule has 0 aromatic heterocycles. The molecule has 0 radical (unpaired) electrons. The number of fused-ring (bicyclic) bond motifs is 1. The molecule has 1 heterocycles. The van der Waals surface area contributed by atoms with Crippen LogP contribution in [-0.4, -0.2) is 73.4 Å². The summed E-state index contributed by atoms with van der Waals surface area (Å²) in [5.74, 6) is -3.91. The van der Waals surface area contributed by atoms with E-state index in [4.69, 9.17) is 0 Å². The van der Waals surface area contributed by atoms with E-state index in [9.17, 15) is 36.9 Å². The highest BCUT2D eigenvalue weighted by Crippen LogP contribution is 2.44. The van der Waals surface area contributed by atoms with Gasteiger partial charge in [-0.15, -0.1) is 0 Å². The monoisotopic (exact) mass is 693 g/mol. The molecule has 4 aromatic carbocycles. The summed E-state index contributed by atoms with van der Waals surface area (Å²) in [5.41, 5.74) is 2.95. The molecule has 0 atom stereocenters. The minimum Gasteiger partial charge on any atom is -0.504 e. The minimum absolute atomic E-state index is 0.0225. The van der Waals surface area contributed by atoms with E-state index in [2.05, 4.69) is 4.72 Å². The molecule has 4 aromatic rings. The third-order valence-electron chi connectivity index (χ3n) is 8.47. The van der Waals surface area contributed by atoms with Gasteiger partial charge in [-0.3, -0.25) is 4.79 Å². The van der Waals surface area contributed by atoms with E-state index >= 15 is 0 Å². The first-order valence-corrected chi connectivity index (χ1v) is 18.6. The number of amides is 1. The molecular weight excluding hydrogens is 655 g/mol. The fourth-order valence-corrected chi connectivity index (χ4v) is 8.45. The van der Waals surface area contributed by atoms with E-state index in [0.29, 0.717) is 31.2 Å². The average molecular weight is 694 g/mol. The maximum Gasteiger partial charge on any atom is 0.258 e. The van der Waals surface area contributed by atoms with Crippen molar-refractivity contribution < 1.29 is 36.9 Å². The summed E-state index contributed by atoms with van der Waals surface area (Å²) in [5, 5.41) is 31.9. The summed E-state index contributed by atoms with van der Waals surface area (Å²) in [6.45, 7) is 2.19. The van der Waals surface area contributed by atoms with Crippen LogP contribution in [0.5, 0.6) is 17.2 Å². The normalized spacial score (nSPS) is 13.4. The fraction of sp³-hybridized carbons (Fsp3) is 0.286. The van der Waals surface area contributed by atoms with Crippen molar-refractivity contribution in [3.8, 4) is 17.2 Å². The van der Waals surface area contributed by atoms with E-state index < -0.39 is 53.7 Å². The highest BCUT2D eigenvalue weighted by atomic mass is 32.2. The van der Waals surface area contributed by atoms with Crippen molar-refractivity contribution in [2.24, 2.45) is 0 Å². The van der Waals surface area contributed by atoms with Gasteiger partial charge < -0.3 is 20.2 Å². The number of phenolic OH excluding ortho intramolecular Hbond substituents is 3. The molecule has 0 aliphatic carbocycles. The number of benzene rings is 4. The first-order valence-electron chi connectivity index (χ1n) is 15.7. The third kappa shape index (κ3) is 7.65. The molecule has 0 spiro atoms. The van der Waals surface area contributed by atoms with Crippen molar-refractivity contribution in [1.82, 2.24) is 13.9 Å². The second kappa shape index (κ2) is 14.8. The Hall–Kier alpha value is -4.43. The molecule has 13 heteroatoms. The molecule has 0 saturated heterocycles. The van der Waals surface area contributed by atoms with Gasteiger partial charge in [0.05, 0.1) is 10.5 Å².